The van der Waals surface area contributed by atoms with Crippen LogP contribution in [0, 0.1) is 5.92 Å². The van der Waals surface area contributed by atoms with Gasteiger partial charge in [-0.25, -0.2) is 23.2 Å². The summed E-state index contributed by atoms with van der Waals surface area (Å²) in [6.07, 6.45) is 2.43. The van der Waals surface area contributed by atoms with E-state index in [0.29, 0.717) is 35.6 Å². The van der Waals surface area contributed by atoms with E-state index >= 15 is 0 Å². The minimum atomic E-state index is -2.95. The molecule has 1 saturated carbocycles. The number of carbonyl (C=O) groups excluding carboxylic acids is 3. The lowest BCUT2D eigenvalue weighted by atomic mass is 10.2. The minimum Gasteiger partial charge on any atom is -0.471 e. The molecule has 3 aromatic rings. The molecule has 13 heteroatoms. The molecule has 5 rings (SSSR count). The number of aromatic nitrogens is 3. The number of carbonyl (C=O) groups is 3. The second kappa shape index (κ2) is 11.6. The summed E-state index contributed by atoms with van der Waals surface area (Å²) in [6, 6.07) is 9.52. The van der Waals surface area contributed by atoms with Crippen molar-refractivity contribution in [2.45, 2.75) is 51.9 Å². The molecule has 3 heterocycles. The first-order valence-corrected chi connectivity index (χ1v) is 13.3. The summed E-state index contributed by atoms with van der Waals surface area (Å²) in [4.78, 5) is 42.6. The lowest BCUT2D eigenvalue weighted by Crippen LogP contribution is -2.32. The van der Waals surface area contributed by atoms with Crippen LogP contribution in [-0.4, -0.2) is 50.1 Å². The number of hydrogen-bond acceptors (Lipinski definition) is 8. The molecule has 1 fully saturated rings. The van der Waals surface area contributed by atoms with Gasteiger partial charge in [0, 0.05) is 23.9 Å². The van der Waals surface area contributed by atoms with Crippen LogP contribution in [0.2, 0.25) is 0 Å². The molecule has 1 aliphatic carbocycles. The maximum Gasteiger partial charge on any atom is 0.413 e. The van der Waals surface area contributed by atoms with E-state index < -0.39 is 35.9 Å². The van der Waals surface area contributed by atoms with Crippen LogP contribution in [0.3, 0.4) is 0 Å². The Bertz CT molecular complexity index is 1510. The predicted octanol–water partition coefficient (Wildman–Crippen LogP) is 5.59. The van der Waals surface area contributed by atoms with Gasteiger partial charge in [-0.05, 0) is 75.9 Å². The number of nitrogens with one attached hydrogen (secondary N) is 2. The van der Waals surface area contributed by atoms with Crippen LogP contribution in [0.15, 0.2) is 60.8 Å². The number of aldehydes is 1. The molecular weight excluding hydrogens is 550 g/mol. The van der Waals surface area contributed by atoms with Crippen LogP contribution >= 0.6 is 0 Å². The Kier molecular flexibility index (Phi) is 7.92. The van der Waals surface area contributed by atoms with Crippen molar-refractivity contribution >= 4 is 29.8 Å². The Morgan fingerprint density at radius 3 is 2.55 bits per heavy atom. The highest BCUT2D eigenvalue weighted by Gasteiger charge is 2.38. The van der Waals surface area contributed by atoms with Gasteiger partial charge in [-0.2, -0.15) is 5.10 Å². The van der Waals surface area contributed by atoms with E-state index in [1.54, 1.807) is 49.9 Å². The normalized spacial score (nSPS) is 16.6. The number of nitrogens with zero attached hydrogens (tertiary/aromatic N) is 4. The van der Waals surface area contributed by atoms with E-state index in [1.807, 2.05) is 0 Å². The highest BCUT2D eigenvalue weighted by atomic mass is 19.3. The van der Waals surface area contributed by atoms with Crippen LogP contribution in [0.4, 0.5) is 25.1 Å². The number of rotatable bonds is 9. The highest BCUT2D eigenvalue weighted by Crippen LogP contribution is 2.39. The maximum absolute atomic E-state index is 13.9. The molecule has 2 aliphatic rings. The van der Waals surface area contributed by atoms with Gasteiger partial charge in [-0.3, -0.25) is 14.9 Å². The largest absolute Gasteiger partial charge is 0.471 e. The molecule has 0 saturated heterocycles. The fraction of sp³-hybridized carbons (Fsp3) is 0.345. The summed E-state index contributed by atoms with van der Waals surface area (Å²) in [6.45, 7) is 5.75. The van der Waals surface area contributed by atoms with Crippen molar-refractivity contribution in [1.82, 2.24) is 19.7 Å². The predicted molar refractivity (Wildman–Crippen MR) is 148 cm³/mol. The van der Waals surface area contributed by atoms with Crippen LogP contribution in [0.25, 0.3) is 5.69 Å². The first-order valence-electron chi connectivity index (χ1n) is 13.3. The van der Waals surface area contributed by atoms with Crippen molar-refractivity contribution in [3.05, 3.63) is 77.6 Å². The average Bonchev–Trinajstić information content (AvgIpc) is 3.49. The number of anilines is 2. The maximum atomic E-state index is 13.9. The lowest BCUT2D eigenvalue weighted by Gasteiger charge is -2.27. The molecule has 0 radical (unpaired) electrons. The van der Waals surface area contributed by atoms with Gasteiger partial charge >= 0.3 is 6.09 Å². The quantitative estimate of drug-likeness (QED) is 0.314. The summed E-state index contributed by atoms with van der Waals surface area (Å²) in [5.74, 6) is -0.0536. The molecule has 1 unspecified atom stereocenters. The zero-order valence-corrected chi connectivity index (χ0v) is 23.2. The molecule has 11 nitrogen and oxygen atoms in total. The van der Waals surface area contributed by atoms with Gasteiger partial charge in [0.05, 0.1) is 17.6 Å². The first-order chi connectivity index (χ1) is 20.0. The number of halogens is 2. The van der Waals surface area contributed by atoms with Gasteiger partial charge in [0.25, 0.3) is 12.3 Å². The zero-order chi connectivity index (χ0) is 30.0. The van der Waals surface area contributed by atoms with Gasteiger partial charge in [-0.1, -0.05) is 0 Å². The number of benzene rings is 1. The third-order valence-corrected chi connectivity index (χ3v) is 6.48. The zero-order valence-electron chi connectivity index (χ0n) is 23.2. The van der Waals surface area contributed by atoms with Crippen LogP contribution in [-0.2, 0) is 14.3 Å². The van der Waals surface area contributed by atoms with Crippen LogP contribution in [0.1, 0.15) is 67.9 Å². The highest BCUT2D eigenvalue weighted by molar-refractivity contribution is 6.03. The molecule has 1 aromatic carbocycles. The molecule has 42 heavy (non-hydrogen) atoms. The Balaban J connectivity index is 1.35. The van der Waals surface area contributed by atoms with Crippen molar-refractivity contribution in [3.8, 4) is 5.69 Å². The van der Waals surface area contributed by atoms with E-state index in [2.05, 4.69) is 20.7 Å². The molecule has 0 bridgehead atoms. The molecule has 220 valence electrons. The molecule has 1 atom stereocenters. The fourth-order valence-electron chi connectivity index (χ4n) is 4.36. The van der Waals surface area contributed by atoms with Crippen molar-refractivity contribution < 1.29 is 32.6 Å². The minimum absolute atomic E-state index is 0.155. The number of hydrogen-bond donors (Lipinski definition) is 2. The van der Waals surface area contributed by atoms with Crippen molar-refractivity contribution in [2.75, 3.05) is 17.2 Å². The Morgan fingerprint density at radius 1 is 1.17 bits per heavy atom. The molecule has 2 amide bonds. The van der Waals surface area contributed by atoms with Crippen LogP contribution in [0.5, 0.6) is 0 Å². The molecule has 0 spiro atoms. The topological polar surface area (TPSA) is 128 Å². The second-order valence-corrected chi connectivity index (χ2v) is 11.0. The molecular formula is C29H30F2N6O5. The average molecular weight is 581 g/mol. The number of pyridine rings is 1. The Labute approximate surface area is 240 Å². The summed E-state index contributed by atoms with van der Waals surface area (Å²) >= 11 is 0. The summed E-state index contributed by atoms with van der Waals surface area (Å²) in [7, 11) is 0. The summed E-state index contributed by atoms with van der Waals surface area (Å²) in [5, 5.41) is 9.12. The van der Waals surface area contributed by atoms with E-state index in [1.165, 1.54) is 35.5 Å². The standard InChI is InChI=1S/C29H30F2N6O5/c1-29(2,3)42-28(40)34-23-12-19(10-11-32-23)27-36(13-17-4-5-17)22(16-41-27)26(39)33-21-14-37(35-24(21)25(30)31)20-8-6-18(15-38)7-9-20/h6-12,14-17,25,27H,4-5,13H2,1-3H3,(H,33,39)(H,32,34,40). The van der Waals surface area contributed by atoms with E-state index in [-0.39, 0.29) is 17.2 Å². The Morgan fingerprint density at radius 2 is 1.90 bits per heavy atom. The molecule has 2 N–H and O–H groups in total. The number of amides is 2. The SMILES string of the molecule is CC(C)(C)OC(=O)Nc1cc(C2OC=C(C(=O)Nc3cn(-c4ccc(C=O)cc4)nc3C(F)F)N2CC2CC2)ccn1. The summed E-state index contributed by atoms with van der Waals surface area (Å²) < 4.78 is 40.2. The first kappa shape index (κ1) is 28.7. The van der Waals surface area contributed by atoms with Crippen LogP contribution < -0.4 is 10.6 Å². The molecule has 1 aliphatic heterocycles. The lowest BCUT2D eigenvalue weighted by molar-refractivity contribution is -0.114. The van der Waals surface area contributed by atoms with Gasteiger partial charge in [-0.15, -0.1) is 0 Å². The van der Waals surface area contributed by atoms with Crippen molar-refractivity contribution in [2.24, 2.45) is 5.92 Å². The van der Waals surface area contributed by atoms with E-state index in [9.17, 15) is 23.2 Å². The van der Waals surface area contributed by atoms with Crippen molar-refractivity contribution in [1.29, 1.82) is 0 Å². The van der Waals surface area contributed by atoms with E-state index in [0.717, 1.165) is 12.8 Å². The van der Waals surface area contributed by atoms with Gasteiger partial charge < -0.3 is 19.7 Å². The van der Waals surface area contributed by atoms with Gasteiger partial charge in [0.2, 0.25) is 0 Å². The number of alkyl halides is 2. The third kappa shape index (κ3) is 6.73. The molecule has 2 aromatic heterocycles. The van der Waals surface area contributed by atoms with Gasteiger partial charge in [0.15, 0.2) is 11.9 Å². The smallest absolute Gasteiger partial charge is 0.413 e. The monoisotopic (exact) mass is 580 g/mol. The fourth-order valence-corrected chi connectivity index (χ4v) is 4.36. The number of ether oxygens (including phenoxy) is 2. The second-order valence-electron chi connectivity index (χ2n) is 11.0. The van der Waals surface area contributed by atoms with Crippen molar-refractivity contribution in [3.63, 3.8) is 0 Å². The Hall–Kier alpha value is -4.81. The third-order valence-electron chi connectivity index (χ3n) is 6.48. The van der Waals surface area contributed by atoms with E-state index in [4.69, 9.17) is 9.47 Å². The van der Waals surface area contributed by atoms with Gasteiger partial charge in [0.1, 0.15) is 29.7 Å². The summed E-state index contributed by atoms with van der Waals surface area (Å²) in [5.41, 5.74) is 0.205.